The number of fused-ring (bicyclic) bond motifs is 1. The van der Waals surface area contributed by atoms with Crippen LogP contribution < -0.4 is 14.8 Å². The normalized spacial score (nSPS) is 23.5. The molecule has 2 atom stereocenters. The molecule has 184 valence electrons. The maximum Gasteiger partial charge on any atom is 0.247 e. The molecule has 1 aromatic rings. The number of nitrogens with zero attached hydrogens (tertiary/aromatic N) is 3. The monoisotopic (exact) mass is 468 g/mol. The predicted octanol–water partition coefficient (Wildman–Crippen LogP) is 2.82. The standard InChI is InChI=1S/C26H36N4O4/c1-17(2)27-24(31)16-29-13-11-19(12-14-29)30-26(32)21-8-6-5-7-20(21)25(28-30)18-9-10-22(33-3)23(15-18)34-4/h5-6,9-10,15,17,19-21H,7-8,11-14,16H2,1-4H3,(H,27,31)/t20-,21+/m0/s1. The lowest BCUT2D eigenvalue weighted by Crippen LogP contribution is -2.53. The van der Waals surface area contributed by atoms with E-state index in [4.69, 9.17) is 14.6 Å². The van der Waals surface area contributed by atoms with Crippen LogP contribution in [0.1, 0.15) is 45.1 Å². The first-order valence-corrected chi connectivity index (χ1v) is 12.2. The Labute approximate surface area is 202 Å². The number of likely N-dealkylation sites (tertiary alicyclic amines) is 1. The van der Waals surface area contributed by atoms with Crippen molar-refractivity contribution in [2.45, 2.75) is 51.6 Å². The summed E-state index contributed by atoms with van der Waals surface area (Å²) in [6, 6.07) is 6.03. The van der Waals surface area contributed by atoms with E-state index in [9.17, 15) is 9.59 Å². The Morgan fingerprint density at radius 2 is 1.76 bits per heavy atom. The van der Waals surface area contributed by atoms with Gasteiger partial charge in [0.15, 0.2) is 11.5 Å². The molecule has 8 nitrogen and oxygen atoms in total. The van der Waals surface area contributed by atoms with Crippen LogP contribution in [0.2, 0.25) is 0 Å². The van der Waals surface area contributed by atoms with Gasteiger partial charge in [-0.05, 0) is 57.7 Å². The predicted molar refractivity (Wildman–Crippen MR) is 131 cm³/mol. The highest BCUT2D eigenvalue weighted by atomic mass is 16.5. The molecule has 0 unspecified atom stereocenters. The zero-order valence-corrected chi connectivity index (χ0v) is 20.6. The molecule has 1 N–H and O–H groups in total. The number of amides is 2. The van der Waals surface area contributed by atoms with Gasteiger partial charge >= 0.3 is 0 Å². The van der Waals surface area contributed by atoms with Gasteiger partial charge in [0.2, 0.25) is 11.8 Å². The molecule has 0 saturated carbocycles. The number of hydrogen-bond acceptors (Lipinski definition) is 6. The van der Waals surface area contributed by atoms with E-state index in [1.54, 1.807) is 19.2 Å². The molecule has 1 fully saturated rings. The maximum atomic E-state index is 13.5. The lowest BCUT2D eigenvalue weighted by atomic mass is 9.76. The van der Waals surface area contributed by atoms with Crippen molar-refractivity contribution in [3.05, 3.63) is 35.9 Å². The Morgan fingerprint density at radius 3 is 2.41 bits per heavy atom. The van der Waals surface area contributed by atoms with Crippen molar-refractivity contribution in [3.8, 4) is 11.5 Å². The van der Waals surface area contributed by atoms with Gasteiger partial charge in [-0.3, -0.25) is 14.5 Å². The van der Waals surface area contributed by atoms with E-state index in [0.29, 0.717) is 18.0 Å². The van der Waals surface area contributed by atoms with E-state index in [2.05, 4.69) is 22.4 Å². The minimum atomic E-state index is -0.0968. The van der Waals surface area contributed by atoms with E-state index in [1.165, 1.54) is 0 Å². The van der Waals surface area contributed by atoms with Crippen LogP contribution >= 0.6 is 0 Å². The molecule has 2 amide bonds. The van der Waals surface area contributed by atoms with Crippen LogP contribution in [-0.2, 0) is 9.59 Å². The highest BCUT2D eigenvalue weighted by Gasteiger charge is 2.43. The summed E-state index contributed by atoms with van der Waals surface area (Å²) >= 11 is 0. The van der Waals surface area contributed by atoms with Crippen molar-refractivity contribution >= 4 is 17.5 Å². The van der Waals surface area contributed by atoms with Crippen molar-refractivity contribution in [1.29, 1.82) is 0 Å². The molecule has 34 heavy (non-hydrogen) atoms. The van der Waals surface area contributed by atoms with Crippen LogP contribution in [0, 0.1) is 11.8 Å². The fourth-order valence-corrected chi connectivity index (χ4v) is 5.22. The minimum absolute atomic E-state index is 0.0407. The van der Waals surface area contributed by atoms with Gasteiger partial charge in [-0.1, -0.05) is 12.2 Å². The zero-order valence-electron chi connectivity index (χ0n) is 20.6. The first kappa shape index (κ1) is 24.3. The Balaban J connectivity index is 1.55. The van der Waals surface area contributed by atoms with E-state index in [1.807, 2.05) is 32.0 Å². The number of ether oxygens (including phenoxy) is 2. The molecule has 0 aromatic heterocycles. The Bertz CT molecular complexity index is 966. The average molecular weight is 469 g/mol. The van der Waals surface area contributed by atoms with Crippen LogP contribution in [-0.4, -0.2) is 73.4 Å². The second-order valence-electron chi connectivity index (χ2n) is 9.62. The first-order valence-electron chi connectivity index (χ1n) is 12.2. The Kier molecular flexibility index (Phi) is 7.56. The zero-order chi connectivity index (χ0) is 24.2. The summed E-state index contributed by atoms with van der Waals surface area (Å²) in [7, 11) is 3.25. The molecule has 0 radical (unpaired) electrons. The van der Waals surface area contributed by atoms with Gasteiger partial charge in [0.05, 0.1) is 38.4 Å². The van der Waals surface area contributed by atoms with Gasteiger partial charge in [-0.15, -0.1) is 0 Å². The van der Waals surface area contributed by atoms with E-state index in [0.717, 1.165) is 50.0 Å². The van der Waals surface area contributed by atoms with Crippen molar-refractivity contribution < 1.29 is 19.1 Å². The van der Waals surface area contributed by atoms with Gasteiger partial charge in [0.25, 0.3) is 0 Å². The quantitative estimate of drug-likeness (QED) is 0.622. The first-order chi connectivity index (χ1) is 16.4. The molecule has 2 heterocycles. The van der Waals surface area contributed by atoms with Crippen molar-refractivity contribution in [3.63, 3.8) is 0 Å². The van der Waals surface area contributed by atoms with Gasteiger partial charge in [0, 0.05) is 30.6 Å². The van der Waals surface area contributed by atoms with Crippen molar-refractivity contribution in [1.82, 2.24) is 15.2 Å². The smallest absolute Gasteiger partial charge is 0.247 e. The number of nitrogens with one attached hydrogen (secondary N) is 1. The van der Waals surface area contributed by atoms with Gasteiger partial charge in [-0.2, -0.15) is 5.10 Å². The summed E-state index contributed by atoms with van der Waals surface area (Å²) in [5.41, 5.74) is 1.90. The van der Waals surface area contributed by atoms with E-state index in [-0.39, 0.29) is 35.7 Å². The summed E-state index contributed by atoms with van der Waals surface area (Å²) < 4.78 is 10.9. The summed E-state index contributed by atoms with van der Waals surface area (Å²) in [6.45, 7) is 5.88. The third-order valence-corrected chi connectivity index (χ3v) is 6.94. The number of carbonyl (C=O) groups is 2. The number of methoxy groups -OCH3 is 2. The van der Waals surface area contributed by atoms with Crippen LogP contribution in [0.4, 0.5) is 0 Å². The number of carbonyl (C=O) groups excluding carboxylic acids is 2. The Hall–Kier alpha value is -2.87. The van der Waals surface area contributed by atoms with Crippen LogP contribution in [0.15, 0.2) is 35.5 Å². The van der Waals surface area contributed by atoms with Crippen molar-refractivity contribution in [2.24, 2.45) is 16.9 Å². The molecular weight excluding hydrogens is 432 g/mol. The summed E-state index contributed by atoms with van der Waals surface area (Å²) in [4.78, 5) is 27.8. The molecule has 1 aromatic carbocycles. The average Bonchev–Trinajstić information content (AvgIpc) is 2.84. The summed E-state index contributed by atoms with van der Waals surface area (Å²) in [5.74, 6) is 1.46. The molecule has 0 bridgehead atoms. The lowest BCUT2D eigenvalue weighted by Gasteiger charge is -2.42. The topological polar surface area (TPSA) is 83.5 Å². The number of rotatable bonds is 7. The molecule has 3 aliphatic rings. The van der Waals surface area contributed by atoms with E-state index < -0.39 is 0 Å². The maximum absolute atomic E-state index is 13.5. The number of hydrogen-bond donors (Lipinski definition) is 1. The summed E-state index contributed by atoms with van der Waals surface area (Å²) in [5, 5.41) is 9.67. The SMILES string of the molecule is COc1ccc(C2=NN(C3CCN(CC(=O)NC(C)C)CC3)C(=O)[C@@H]3CC=CC[C@H]23)cc1OC. The molecule has 0 spiro atoms. The largest absolute Gasteiger partial charge is 0.493 e. The van der Waals surface area contributed by atoms with Crippen LogP contribution in [0.3, 0.4) is 0 Å². The Morgan fingerprint density at radius 1 is 1.09 bits per heavy atom. The molecule has 1 saturated heterocycles. The van der Waals surface area contributed by atoms with Crippen molar-refractivity contribution in [2.75, 3.05) is 33.9 Å². The second-order valence-corrected chi connectivity index (χ2v) is 9.62. The number of benzene rings is 1. The molecule has 1 aliphatic carbocycles. The molecule has 2 aliphatic heterocycles. The fraction of sp³-hybridized carbons (Fsp3) is 0.577. The van der Waals surface area contributed by atoms with Gasteiger partial charge in [0.1, 0.15) is 0 Å². The van der Waals surface area contributed by atoms with E-state index >= 15 is 0 Å². The highest BCUT2D eigenvalue weighted by molar-refractivity contribution is 6.07. The summed E-state index contributed by atoms with van der Waals surface area (Å²) in [6.07, 6.45) is 7.42. The fourth-order valence-electron chi connectivity index (χ4n) is 5.22. The van der Waals surface area contributed by atoms with Gasteiger partial charge < -0.3 is 14.8 Å². The minimum Gasteiger partial charge on any atom is -0.493 e. The molecular formula is C26H36N4O4. The third-order valence-electron chi connectivity index (χ3n) is 6.94. The third kappa shape index (κ3) is 5.12. The molecule has 4 rings (SSSR count). The number of piperidine rings is 1. The number of allylic oxidation sites excluding steroid dienone is 2. The highest BCUT2D eigenvalue weighted by Crippen LogP contribution is 2.38. The lowest BCUT2D eigenvalue weighted by molar-refractivity contribution is -0.141. The molecule has 8 heteroatoms. The number of hydrazone groups is 1. The van der Waals surface area contributed by atoms with Crippen LogP contribution in [0.25, 0.3) is 0 Å². The van der Waals surface area contributed by atoms with Crippen LogP contribution in [0.5, 0.6) is 11.5 Å². The van der Waals surface area contributed by atoms with Gasteiger partial charge in [-0.25, -0.2) is 5.01 Å². The second kappa shape index (κ2) is 10.6.